The Morgan fingerprint density at radius 3 is 2.82 bits per heavy atom. The molecule has 1 unspecified atom stereocenters. The Morgan fingerprint density at radius 2 is 2.06 bits per heavy atom. The zero-order chi connectivity index (χ0) is 22.2. The molecule has 0 aliphatic carbocycles. The molecular formula is C24H34IN5O3. The van der Waals surface area contributed by atoms with Gasteiger partial charge in [-0.15, -0.1) is 24.0 Å². The third kappa shape index (κ3) is 7.10. The molecule has 1 atom stereocenters. The van der Waals surface area contributed by atoms with E-state index in [-0.39, 0.29) is 35.9 Å². The maximum atomic E-state index is 11.5. The lowest BCUT2D eigenvalue weighted by Gasteiger charge is -2.33. The first kappa shape index (κ1) is 25.4. The number of piperidine rings is 1. The van der Waals surface area contributed by atoms with Crippen molar-refractivity contribution in [3.8, 4) is 5.75 Å². The number of fused-ring (bicyclic) bond motifs is 1. The molecule has 4 rings (SSSR count). The predicted molar refractivity (Wildman–Crippen MR) is 141 cm³/mol. The fourth-order valence-electron chi connectivity index (χ4n) is 4.32. The second kappa shape index (κ2) is 12.8. The maximum Gasteiger partial charge on any atom is 0.224 e. The highest BCUT2D eigenvalue weighted by molar-refractivity contribution is 14.0. The number of amides is 1. The number of anilines is 1. The third-order valence-corrected chi connectivity index (χ3v) is 6.02. The number of ether oxygens (including phenoxy) is 1. The van der Waals surface area contributed by atoms with E-state index in [0.29, 0.717) is 19.6 Å². The van der Waals surface area contributed by atoms with Crippen molar-refractivity contribution in [1.82, 2.24) is 15.5 Å². The number of nitrogens with one attached hydrogen (secondary N) is 3. The van der Waals surface area contributed by atoms with Gasteiger partial charge in [-0.05, 0) is 68.2 Å². The van der Waals surface area contributed by atoms with Crippen LogP contribution in [0.25, 0.3) is 0 Å². The molecule has 1 aromatic heterocycles. The van der Waals surface area contributed by atoms with Gasteiger partial charge in [-0.3, -0.25) is 14.7 Å². The van der Waals surface area contributed by atoms with Gasteiger partial charge >= 0.3 is 0 Å². The minimum absolute atomic E-state index is 0. The van der Waals surface area contributed by atoms with Gasteiger partial charge in [0.05, 0.1) is 18.8 Å². The lowest BCUT2D eigenvalue weighted by atomic mass is 10.0. The number of likely N-dealkylation sites (tertiary alicyclic amines) is 1. The normalized spacial score (nSPS) is 17.4. The van der Waals surface area contributed by atoms with E-state index in [0.717, 1.165) is 54.8 Å². The Balaban J connectivity index is 0.00000306. The second-order valence-electron chi connectivity index (χ2n) is 8.22. The summed E-state index contributed by atoms with van der Waals surface area (Å²) in [7, 11) is 1.77. The first-order valence-electron chi connectivity index (χ1n) is 11.5. The predicted octanol–water partition coefficient (Wildman–Crippen LogP) is 3.55. The summed E-state index contributed by atoms with van der Waals surface area (Å²) in [6.45, 7) is 4.06. The largest absolute Gasteiger partial charge is 0.492 e. The number of halogens is 1. The summed E-state index contributed by atoms with van der Waals surface area (Å²) in [5.41, 5.74) is 2.00. The number of hydrogen-bond donors (Lipinski definition) is 3. The van der Waals surface area contributed by atoms with Gasteiger partial charge in [0, 0.05) is 25.7 Å². The molecule has 180 valence electrons. The van der Waals surface area contributed by atoms with E-state index in [4.69, 9.17) is 9.15 Å². The smallest absolute Gasteiger partial charge is 0.224 e. The zero-order valence-electron chi connectivity index (χ0n) is 19.1. The van der Waals surface area contributed by atoms with E-state index in [2.05, 4.69) is 31.9 Å². The molecule has 1 aromatic carbocycles. The number of furan rings is 1. The van der Waals surface area contributed by atoms with Gasteiger partial charge in [-0.25, -0.2) is 0 Å². The number of nitrogens with zero attached hydrogens (tertiary/aromatic N) is 2. The van der Waals surface area contributed by atoms with E-state index in [1.165, 1.54) is 19.3 Å². The van der Waals surface area contributed by atoms with Crippen LogP contribution in [0.15, 0.2) is 46.0 Å². The standard InChI is InChI=1S/C24H33N5O3.HI/c1-25-24(27-17-21(22-6-5-14-32-22)29-12-3-2-4-13-29)26-11-15-31-19-8-9-20-18(16-19)7-10-23(30)28-20;/h5-6,8-9,14,16,21H,2-4,7,10-13,15,17H2,1H3,(H,28,30)(H2,25,26,27);1H. The Hall–Kier alpha value is -2.27. The molecular weight excluding hydrogens is 533 g/mol. The van der Waals surface area contributed by atoms with Gasteiger partial charge < -0.3 is 25.1 Å². The van der Waals surface area contributed by atoms with Crippen molar-refractivity contribution in [2.24, 2.45) is 4.99 Å². The molecule has 9 heteroatoms. The van der Waals surface area contributed by atoms with E-state index in [1.54, 1.807) is 13.3 Å². The molecule has 0 radical (unpaired) electrons. The summed E-state index contributed by atoms with van der Waals surface area (Å²) in [6, 6.07) is 10.0. The quantitative estimate of drug-likeness (QED) is 0.196. The van der Waals surface area contributed by atoms with E-state index >= 15 is 0 Å². The summed E-state index contributed by atoms with van der Waals surface area (Å²) in [4.78, 5) is 18.3. The molecule has 3 heterocycles. The monoisotopic (exact) mass is 567 g/mol. The topological polar surface area (TPSA) is 91.1 Å². The van der Waals surface area contributed by atoms with Crippen molar-refractivity contribution in [1.29, 1.82) is 0 Å². The van der Waals surface area contributed by atoms with Crippen LogP contribution in [0, 0.1) is 0 Å². The minimum Gasteiger partial charge on any atom is -0.492 e. The fourth-order valence-corrected chi connectivity index (χ4v) is 4.32. The first-order valence-corrected chi connectivity index (χ1v) is 11.5. The fraction of sp³-hybridized carbons (Fsp3) is 0.500. The summed E-state index contributed by atoms with van der Waals surface area (Å²) < 4.78 is 11.6. The molecule has 1 saturated heterocycles. The number of carbonyl (C=O) groups excluding carboxylic acids is 1. The lowest BCUT2D eigenvalue weighted by Crippen LogP contribution is -2.45. The Labute approximate surface area is 212 Å². The van der Waals surface area contributed by atoms with Crippen LogP contribution >= 0.6 is 24.0 Å². The molecule has 0 saturated carbocycles. The van der Waals surface area contributed by atoms with Crippen molar-refractivity contribution in [2.75, 3.05) is 45.2 Å². The van der Waals surface area contributed by atoms with Gasteiger partial charge in [-0.2, -0.15) is 0 Å². The SMILES string of the molecule is CN=C(NCCOc1ccc2c(c1)CCC(=O)N2)NCC(c1ccco1)N1CCCCC1.I. The number of aliphatic imine (C=N–C) groups is 1. The van der Waals surface area contributed by atoms with Crippen LogP contribution in [-0.2, 0) is 11.2 Å². The highest BCUT2D eigenvalue weighted by atomic mass is 127. The number of carbonyl (C=O) groups is 1. The van der Waals surface area contributed by atoms with Crippen LogP contribution in [0.5, 0.6) is 5.75 Å². The van der Waals surface area contributed by atoms with Gasteiger partial charge in [0.1, 0.15) is 18.1 Å². The molecule has 33 heavy (non-hydrogen) atoms. The minimum atomic E-state index is 0. The Kier molecular flexibility index (Phi) is 9.86. The van der Waals surface area contributed by atoms with Crippen LogP contribution in [0.1, 0.15) is 43.0 Å². The van der Waals surface area contributed by atoms with Gasteiger partial charge in [-0.1, -0.05) is 6.42 Å². The van der Waals surface area contributed by atoms with E-state index in [1.807, 2.05) is 24.3 Å². The molecule has 3 N–H and O–H groups in total. The molecule has 1 amide bonds. The average Bonchev–Trinajstić information content (AvgIpc) is 3.36. The van der Waals surface area contributed by atoms with Crippen molar-refractivity contribution in [3.63, 3.8) is 0 Å². The van der Waals surface area contributed by atoms with Crippen molar-refractivity contribution < 1.29 is 13.9 Å². The van der Waals surface area contributed by atoms with E-state index < -0.39 is 0 Å². The third-order valence-electron chi connectivity index (χ3n) is 6.02. The number of benzene rings is 1. The number of guanidine groups is 1. The number of rotatable bonds is 8. The average molecular weight is 567 g/mol. The molecule has 2 aliphatic rings. The van der Waals surface area contributed by atoms with Crippen LogP contribution in [0.2, 0.25) is 0 Å². The van der Waals surface area contributed by atoms with Crippen LogP contribution < -0.4 is 20.7 Å². The summed E-state index contributed by atoms with van der Waals surface area (Å²) in [6.07, 6.45) is 6.78. The molecule has 1 fully saturated rings. The molecule has 0 bridgehead atoms. The second-order valence-corrected chi connectivity index (χ2v) is 8.22. The first-order chi connectivity index (χ1) is 15.7. The molecule has 2 aromatic rings. The summed E-state index contributed by atoms with van der Waals surface area (Å²) in [5.74, 6) is 2.62. The highest BCUT2D eigenvalue weighted by Gasteiger charge is 2.24. The van der Waals surface area contributed by atoms with Crippen molar-refractivity contribution >= 4 is 41.5 Å². The van der Waals surface area contributed by atoms with E-state index in [9.17, 15) is 4.79 Å². The lowest BCUT2D eigenvalue weighted by molar-refractivity contribution is -0.116. The van der Waals surface area contributed by atoms with Crippen LogP contribution in [0.3, 0.4) is 0 Å². The van der Waals surface area contributed by atoms with Crippen LogP contribution in [-0.4, -0.2) is 56.6 Å². The number of aryl methyl sites for hydroxylation is 1. The highest BCUT2D eigenvalue weighted by Crippen LogP contribution is 2.27. The van der Waals surface area contributed by atoms with Crippen molar-refractivity contribution in [2.45, 2.75) is 38.1 Å². The van der Waals surface area contributed by atoms with Gasteiger partial charge in [0.25, 0.3) is 0 Å². The molecule has 0 spiro atoms. The summed E-state index contributed by atoms with van der Waals surface area (Å²) >= 11 is 0. The number of hydrogen-bond acceptors (Lipinski definition) is 5. The van der Waals surface area contributed by atoms with Crippen molar-refractivity contribution in [3.05, 3.63) is 47.9 Å². The molecule has 8 nitrogen and oxygen atoms in total. The zero-order valence-corrected chi connectivity index (χ0v) is 21.5. The van der Waals surface area contributed by atoms with Gasteiger partial charge in [0.2, 0.25) is 5.91 Å². The van der Waals surface area contributed by atoms with Crippen LogP contribution in [0.4, 0.5) is 5.69 Å². The Bertz CT molecular complexity index is 913. The maximum absolute atomic E-state index is 11.5. The van der Waals surface area contributed by atoms with Gasteiger partial charge in [0.15, 0.2) is 5.96 Å². The molecule has 2 aliphatic heterocycles. The summed E-state index contributed by atoms with van der Waals surface area (Å²) in [5, 5.41) is 9.65. The Morgan fingerprint density at radius 1 is 1.21 bits per heavy atom.